The van der Waals surface area contributed by atoms with Crippen molar-refractivity contribution < 1.29 is 9.88 Å². The highest BCUT2D eigenvalue weighted by Crippen LogP contribution is 2.49. The van der Waals surface area contributed by atoms with Crippen LogP contribution in [0.15, 0.2) is 35.0 Å². The van der Waals surface area contributed by atoms with Gasteiger partial charge in [-0.3, -0.25) is 0 Å². The average Bonchev–Trinajstić information content (AvgIpc) is 3.05. The summed E-state index contributed by atoms with van der Waals surface area (Å²) >= 11 is 5.40. The number of hydrogen-bond acceptors (Lipinski definition) is 6. The second-order valence-corrected chi connectivity index (χ2v) is 10.2. The molecule has 0 aromatic heterocycles. The molecule has 0 N–H and O–H groups in total. The molecule has 0 amide bonds. The Bertz CT molecular complexity index is 1040. The van der Waals surface area contributed by atoms with E-state index in [0.29, 0.717) is 17.2 Å². The smallest absolute Gasteiger partial charge is 0.173 e. The molecule has 3 aliphatic heterocycles. The number of hydroxylamine groups is 1. The van der Waals surface area contributed by atoms with Crippen LogP contribution in [0.5, 0.6) is 0 Å². The minimum absolute atomic E-state index is 0.140. The van der Waals surface area contributed by atoms with Gasteiger partial charge in [-0.1, -0.05) is 62.2 Å². The van der Waals surface area contributed by atoms with E-state index < -0.39 is 0 Å². The number of rotatable bonds is 5. The van der Waals surface area contributed by atoms with Crippen molar-refractivity contribution in [1.29, 1.82) is 5.26 Å². The number of nitrogens with zero attached hydrogens (tertiary/aromatic N) is 4. The Kier molecular flexibility index (Phi) is 5.97. The molecule has 1 aromatic carbocycles. The third-order valence-corrected chi connectivity index (χ3v) is 7.04. The second kappa shape index (κ2) is 8.43. The molecular weight excluding hydrogens is 420 g/mol. The molecule has 0 saturated heterocycles. The molecule has 0 aliphatic carbocycles. The van der Waals surface area contributed by atoms with E-state index in [9.17, 15) is 5.26 Å². The summed E-state index contributed by atoms with van der Waals surface area (Å²) in [6.07, 6.45) is 8.13. The van der Waals surface area contributed by atoms with Gasteiger partial charge in [0.1, 0.15) is 6.07 Å². The molecule has 0 bridgehead atoms. The summed E-state index contributed by atoms with van der Waals surface area (Å²) in [5.41, 5.74) is 6.47. The van der Waals surface area contributed by atoms with Crippen LogP contribution in [0.4, 0.5) is 5.69 Å². The number of thiocarbonyl (C=S) groups is 1. The quantitative estimate of drug-likeness (QED) is 0.266. The largest absolute Gasteiger partial charge is 0.371 e. The fraction of sp³-hybridized carbons (Fsp3) is 0.480. The first-order valence-electron chi connectivity index (χ1n) is 11.1. The lowest BCUT2D eigenvalue weighted by Crippen LogP contribution is -2.44. The molecule has 1 aromatic rings. The molecule has 0 radical (unpaired) electrons. The van der Waals surface area contributed by atoms with Crippen molar-refractivity contribution in [3.63, 3.8) is 0 Å². The monoisotopic (exact) mass is 450 g/mol. The van der Waals surface area contributed by atoms with E-state index in [1.165, 1.54) is 16.8 Å². The molecule has 0 atom stereocenters. The standard InChI is InChI=1S/C25H30N4O2S/c1-6-30-31-29-23(32)18(21(16-26)27-29)9-7-8-17-14-19-22-20(15-17)25(4,5)11-13-28(22)12-10-24(19,2)3/h7-9,14-15H,6,10-13H2,1-5H3/b8-7+,18-9-. The minimum Gasteiger partial charge on any atom is -0.371 e. The second-order valence-electron chi connectivity index (χ2n) is 9.78. The maximum absolute atomic E-state index is 9.43. The van der Waals surface area contributed by atoms with Crippen molar-refractivity contribution in [1.82, 2.24) is 5.17 Å². The molecule has 0 fully saturated rings. The van der Waals surface area contributed by atoms with Crippen molar-refractivity contribution >= 4 is 34.7 Å². The normalized spacial score (nSPS) is 22.3. The summed E-state index contributed by atoms with van der Waals surface area (Å²) < 4.78 is 0. The molecule has 32 heavy (non-hydrogen) atoms. The van der Waals surface area contributed by atoms with Gasteiger partial charge in [0.25, 0.3) is 0 Å². The minimum atomic E-state index is 0.140. The van der Waals surface area contributed by atoms with Crippen LogP contribution in [0.1, 0.15) is 64.2 Å². The van der Waals surface area contributed by atoms with Gasteiger partial charge < -0.3 is 4.90 Å². The van der Waals surface area contributed by atoms with Crippen molar-refractivity contribution in [2.24, 2.45) is 5.10 Å². The van der Waals surface area contributed by atoms with E-state index in [1.54, 1.807) is 6.92 Å². The fourth-order valence-electron chi connectivity index (χ4n) is 4.60. The van der Waals surface area contributed by atoms with Crippen molar-refractivity contribution in [3.05, 3.63) is 46.5 Å². The maximum atomic E-state index is 9.43. The molecule has 0 spiro atoms. The number of hydrogen-bond donors (Lipinski definition) is 0. The highest BCUT2D eigenvalue weighted by Gasteiger charge is 2.39. The zero-order valence-corrected chi connectivity index (χ0v) is 20.3. The van der Waals surface area contributed by atoms with E-state index in [4.69, 9.17) is 22.1 Å². The molecule has 0 unspecified atom stereocenters. The van der Waals surface area contributed by atoms with Crippen LogP contribution in [0.2, 0.25) is 0 Å². The Morgan fingerprint density at radius 3 is 2.34 bits per heavy atom. The molecule has 168 valence electrons. The van der Waals surface area contributed by atoms with Crippen LogP contribution < -0.4 is 4.90 Å². The van der Waals surface area contributed by atoms with E-state index in [2.05, 4.69) is 62.0 Å². The van der Waals surface area contributed by atoms with Gasteiger partial charge in [0.05, 0.1) is 12.2 Å². The average molecular weight is 451 g/mol. The van der Waals surface area contributed by atoms with Gasteiger partial charge in [-0.25, -0.2) is 4.89 Å². The molecule has 0 saturated carbocycles. The first kappa shape index (κ1) is 22.7. The summed E-state index contributed by atoms with van der Waals surface area (Å²) in [6.45, 7) is 13.8. The number of anilines is 1. The van der Waals surface area contributed by atoms with Gasteiger partial charge in [0.2, 0.25) is 0 Å². The van der Waals surface area contributed by atoms with Crippen LogP contribution in [0.25, 0.3) is 6.08 Å². The van der Waals surface area contributed by atoms with Crippen LogP contribution in [0, 0.1) is 11.3 Å². The highest BCUT2D eigenvalue weighted by molar-refractivity contribution is 7.80. The van der Waals surface area contributed by atoms with Crippen LogP contribution in [0.3, 0.4) is 0 Å². The van der Waals surface area contributed by atoms with Crippen molar-refractivity contribution in [3.8, 4) is 6.07 Å². The van der Waals surface area contributed by atoms with Crippen LogP contribution in [-0.4, -0.2) is 35.6 Å². The SMILES string of the molecule is CCOON1N=C(C#N)/C(=C/C=C/c2cc3c4c(c2)C(C)(C)CCN4CCC3(C)C)C1=S. The van der Waals surface area contributed by atoms with Crippen molar-refractivity contribution in [2.75, 3.05) is 24.6 Å². The van der Waals surface area contributed by atoms with E-state index >= 15 is 0 Å². The van der Waals surface area contributed by atoms with E-state index in [1.807, 2.05) is 12.2 Å². The summed E-state index contributed by atoms with van der Waals surface area (Å²) in [7, 11) is 0. The Morgan fingerprint density at radius 2 is 1.78 bits per heavy atom. The highest BCUT2D eigenvalue weighted by atomic mass is 32.1. The predicted molar refractivity (Wildman–Crippen MR) is 131 cm³/mol. The van der Waals surface area contributed by atoms with Crippen LogP contribution in [-0.2, 0) is 20.7 Å². The van der Waals surface area contributed by atoms with E-state index in [-0.39, 0.29) is 16.5 Å². The summed E-state index contributed by atoms with van der Waals surface area (Å²) in [5.74, 6) is 0. The third-order valence-electron chi connectivity index (χ3n) is 6.67. The number of nitriles is 1. The van der Waals surface area contributed by atoms with Gasteiger partial charge in [0.15, 0.2) is 10.7 Å². The Hall–Kier alpha value is -2.53. The molecular formula is C25H30N4O2S. The third kappa shape index (κ3) is 3.99. The molecule has 4 rings (SSSR count). The summed E-state index contributed by atoms with van der Waals surface area (Å²) in [4.78, 5) is 12.8. The lowest BCUT2D eigenvalue weighted by molar-refractivity contribution is -0.398. The maximum Gasteiger partial charge on any atom is 0.173 e. The molecule has 3 heterocycles. The first-order valence-corrected chi connectivity index (χ1v) is 11.5. The van der Waals surface area contributed by atoms with Crippen LogP contribution >= 0.6 is 12.2 Å². The lowest BCUT2D eigenvalue weighted by Gasteiger charge is -2.48. The Morgan fingerprint density at radius 1 is 1.16 bits per heavy atom. The Balaban J connectivity index is 1.68. The van der Waals surface area contributed by atoms with Gasteiger partial charge in [-0.2, -0.15) is 5.26 Å². The van der Waals surface area contributed by atoms with E-state index in [0.717, 1.165) is 36.7 Å². The molecule has 3 aliphatic rings. The summed E-state index contributed by atoms with van der Waals surface area (Å²) in [5, 5.41) is 14.6. The molecule has 6 nitrogen and oxygen atoms in total. The number of allylic oxidation sites excluding steroid dienone is 2. The van der Waals surface area contributed by atoms with Gasteiger partial charge >= 0.3 is 0 Å². The predicted octanol–water partition coefficient (Wildman–Crippen LogP) is 5.20. The fourth-order valence-corrected chi connectivity index (χ4v) is 4.83. The first-order chi connectivity index (χ1) is 15.2. The van der Waals surface area contributed by atoms with Gasteiger partial charge in [-0.05, 0) is 65.5 Å². The topological polar surface area (TPSA) is 61.1 Å². The number of hydrazone groups is 1. The zero-order chi connectivity index (χ0) is 23.1. The zero-order valence-electron chi connectivity index (χ0n) is 19.4. The lowest BCUT2D eigenvalue weighted by atomic mass is 9.69. The Labute approximate surface area is 195 Å². The number of benzene rings is 1. The molecule has 7 heteroatoms. The van der Waals surface area contributed by atoms with Crippen molar-refractivity contribution in [2.45, 2.75) is 58.3 Å². The summed E-state index contributed by atoms with van der Waals surface area (Å²) in [6, 6.07) is 6.71. The van der Waals surface area contributed by atoms with Gasteiger partial charge in [0, 0.05) is 18.8 Å². The van der Waals surface area contributed by atoms with Gasteiger partial charge in [-0.15, -0.1) is 5.10 Å².